The molecule has 0 N–H and O–H groups in total. The lowest BCUT2D eigenvalue weighted by molar-refractivity contribution is 0.128. The third-order valence-corrected chi connectivity index (χ3v) is 3.77. The minimum atomic E-state index is 0.225. The van der Waals surface area contributed by atoms with Crippen LogP contribution in [0.4, 0.5) is 5.69 Å². The predicted octanol–water partition coefficient (Wildman–Crippen LogP) is 3.69. The summed E-state index contributed by atoms with van der Waals surface area (Å²) < 4.78 is 5.32. The van der Waals surface area contributed by atoms with Gasteiger partial charge in [-0.2, -0.15) is 0 Å². The summed E-state index contributed by atoms with van der Waals surface area (Å²) in [4.78, 5) is 9.02. The van der Waals surface area contributed by atoms with E-state index in [9.17, 15) is 0 Å². The van der Waals surface area contributed by atoms with Gasteiger partial charge >= 0.3 is 0 Å². The van der Waals surface area contributed by atoms with Gasteiger partial charge in [0.1, 0.15) is 5.69 Å². The van der Waals surface area contributed by atoms with Gasteiger partial charge in [-0.3, -0.25) is 4.90 Å². The number of piperazine rings is 1. The van der Waals surface area contributed by atoms with E-state index >= 15 is 0 Å². The van der Waals surface area contributed by atoms with E-state index in [1.807, 2.05) is 19.9 Å². The fourth-order valence-electron chi connectivity index (χ4n) is 2.42. The van der Waals surface area contributed by atoms with Crippen LogP contribution in [0.25, 0.3) is 0 Å². The van der Waals surface area contributed by atoms with Crippen molar-refractivity contribution in [1.82, 2.24) is 9.88 Å². The molecule has 0 unspecified atom stereocenters. The zero-order valence-corrected chi connectivity index (χ0v) is 14.9. The Morgan fingerprint density at radius 2 is 1.71 bits per heavy atom. The van der Waals surface area contributed by atoms with Crippen molar-refractivity contribution in [2.45, 2.75) is 40.2 Å². The average Bonchev–Trinajstić information content (AvgIpc) is 2.48. The topological polar surface area (TPSA) is 28.6 Å². The molecular formula is C16H28ClN3O. The van der Waals surface area contributed by atoms with E-state index in [0.29, 0.717) is 10.9 Å². The zero-order chi connectivity index (χ0) is 16.0. The summed E-state index contributed by atoms with van der Waals surface area (Å²) in [5, 5.41) is 0.647. The molecule has 1 saturated heterocycles. The fourth-order valence-corrected chi connectivity index (χ4v) is 2.57. The van der Waals surface area contributed by atoms with E-state index in [-0.39, 0.29) is 5.54 Å². The first-order chi connectivity index (χ1) is 9.91. The first kappa shape index (κ1) is 18.1. The van der Waals surface area contributed by atoms with Crippen molar-refractivity contribution < 1.29 is 4.74 Å². The molecule has 1 aliphatic heterocycles. The highest BCUT2D eigenvalue weighted by Gasteiger charge is 2.27. The van der Waals surface area contributed by atoms with Crippen LogP contribution in [0.1, 0.15) is 34.6 Å². The first-order valence-electron chi connectivity index (χ1n) is 7.61. The maximum Gasteiger partial charge on any atom is 0.237 e. The van der Waals surface area contributed by atoms with Gasteiger partial charge < -0.3 is 9.64 Å². The fraction of sp³-hybridized carbons (Fsp3) is 0.688. The van der Waals surface area contributed by atoms with Gasteiger partial charge in [-0.15, -0.1) is 0 Å². The van der Waals surface area contributed by atoms with Crippen molar-refractivity contribution >= 4 is 17.3 Å². The van der Waals surface area contributed by atoms with Gasteiger partial charge in [-0.25, -0.2) is 4.98 Å². The van der Waals surface area contributed by atoms with Gasteiger partial charge in [-0.1, -0.05) is 25.4 Å². The minimum absolute atomic E-state index is 0.225. The van der Waals surface area contributed by atoms with Crippen molar-refractivity contribution in [3.05, 3.63) is 17.3 Å². The van der Waals surface area contributed by atoms with Crippen molar-refractivity contribution in [3.8, 4) is 5.88 Å². The molecule has 0 aromatic carbocycles. The van der Waals surface area contributed by atoms with E-state index in [1.165, 1.54) is 0 Å². The molecule has 0 aliphatic carbocycles. The molecular weight excluding hydrogens is 286 g/mol. The molecule has 0 amide bonds. The smallest absolute Gasteiger partial charge is 0.237 e. The molecule has 1 fully saturated rings. The monoisotopic (exact) mass is 313 g/mol. The van der Waals surface area contributed by atoms with E-state index < -0.39 is 0 Å². The Kier molecular flexibility index (Phi) is 6.75. The van der Waals surface area contributed by atoms with Crippen molar-refractivity contribution in [3.63, 3.8) is 0 Å². The Morgan fingerprint density at radius 3 is 2.19 bits per heavy atom. The molecule has 0 radical (unpaired) electrons. The number of pyridine rings is 1. The molecule has 5 heteroatoms. The molecule has 2 rings (SSSR count). The highest BCUT2D eigenvalue weighted by Crippen LogP contribution is 2.30. The molecule has 2 heterocycles. The van der Waals surface area contributed by atoms with Gasteiger partial charge in [-0.05, 0) is 26.8 Å². The van der Waals surface area contributed by atoms with Crippen molar-refractivity contribution in [2.24, 2.45) is 0 Å². The number of methoxy groups -OCH3 is 1. The average molecular weight is 314 g/mol. The highest BCUT2D eigenvalue weighted by molar-refractivity contribution is 6.30. The lowest BCUT2D eigenvalue weighted by Gasteiger charge is -2.43. The van der Waals surface area contributed by atoms with Crippen LogP contribution in [0, 0.1) is 0 Å². The number of halogens is 1. The molecule has 0 spiro atoms. The second-order valence-corrected chi connectivity index (χ2v) is 6.26. The third kappa shape index (κ3) is 4.75. The summed E-state index contributed by atoms with van der Waals surface area (Å²) in [5.41, 5.74) is 1.21. The quantitative estimate of drug-likeness (QED) is 0.832. The summed E-state index contributed by atoms with van der Waals surface area (Å²) in [6.07, 6.45) is 1.62. The SMILES string of the molecule is CC.COc1ncc(Cl)cc1N1CCN(C(C)(C)C)CC1. The van der Waals surface area contributed by atoms with Gasteiger partial charge in [0, 0.05) is 37.9 Å². The third-order valence-electron chi connectivity index (χ3n) is 3.56. The van der Waals surface area contributed by atoms with E-state index in [4.69, 9.17) is 16.3 Å². The number of ether oxygens (including phenoxy) is 1. The molecule has 4 nitrogen and oxygen atoms in total. The van der Waals surface area contributed by atoms with Crippen LogP contribution in [-0.2, 0) is 0 Å². The Hall–Kier alpha value is -1.00. The summed E-state index contributed by atoms with van der Waals surface area (Å²) in [6.45, 7) is 14.8. The number of hydrogen-bond donors (Lipinski definition) is 0. The molecule has 0 bridgehead atoms. The molecule has 1 aromatic heterocycles. The highest BCUT2D eigenvalue weighted by atomic mass is 35.5. The summed E-state index contributed by atoms with van der Waals surface area (Å²) in [6, 6.07) is 1.93. The minimum Gasteiger partial charge on any atom is -0.480 e. The van der Waals surface area contributed by atoms with Crippen LogP contribution in [0.5, 0.6) is 5.88 Å². The van der Waals surface area contributed by atoms with Crippen LogP contribution < -0.4 is 9.64 Å². The number of nitrogens with zero attached hydrogens (tertiary/aromatic N) is 3. The normalized spacial score (nSPS) is 16.2. The maximum atomic E-state index is 6.04. The van der Waals surface area contributed by atoms with Crippen molar-refractivity contribution in [1.29, 1.82) is 0 Å². The Morgan fingerprint density at radius 1 is 1.14 bits per heavy atom. The number of anilines is 1. The van der Waals surface area contributed by atoms with Crippen molar-refractivity contribution in [2.75, 3.05) is 38.2 Å². The molecule has 0 saturated carbocycles. The number of hydrogen-bond acceptors (Lipinski definition) is 4. The largest absolute Gasteiger partial charge is 0.480 e. The van der Waals surface area contributed by atoms with Crippen LogP contribution in [-0.4, -0.2) is 48.7 Å². The van der Waals surface area contributed by atoms with E-state index in [2.05, 4.69) is 35.6 Å². The molecule has 1 aromatic rings. The van der Waals surface area contributed by atoms with Gasteiger partial charge in [0.05, 0.1) is 12.1 Å². The Bertz CT molecular complexity index is 438. The second-order valence-electron chi connectivity index (χ2n) is 5.83. The van der Waals surface area contributed by atoms with Gasteiger partial charge in [0.2, 0.25) is 5.88 Å². The molecule has 0 atom stereocenters. The molecule has 120 valence electrons. The zero-order valence-electron chi connectivity index (χ0n) is 14.1. The standard InChI is InChI=1S/C14H22ClN3O.C2H6/c1-14(2,3)18-7-5-17(6-8-18)12-9-11(15)10-16-13(12)19-4;1-2/h9-10H,5-8H2,1-4H3;1-2H3. The summed E-state index contributed by atoms with van der Waals surface area (Å²) in [7, 11) is 1.64. The first-order valence-corrected chi connectivity index (χ1v) is 7.99. The number of rotatable bonds is 2. The lowest BCUT2D eigenvalue weighted by atomic mass is 10.0. The van der Waals surface area contributed by atoms with Crippen LogP contribution in [0.3, 0.4) is 0 Å². The van der Waals surface area contributed by atoms with E-state index in [1.54, 1.807) is 13.3 Å². The van der Waals surface area contributed by atoms with Crippen LogP contribution in [0.2, 0.25) is 5.02 Å². The predicted molar refractivity (Wildman–Crippen MR) is 90.7 cm³/mol. The lowest BCUT2D eigenvalue weighted by Crippen LogP contribution is -2.53. The molecule has 21 heavy (non-hydrogen) atoms. The summed E-state index contributed by atoms with van der Waals surface area (Å²) >= 11 is 6.04. The van der Waals surface area contributed by atoms with E-state index in [0.717, 1.165) is 31.9 Å². The number of aromatic nitrogens is 1. The summed E-state index contributed by atoms with van der Waals surface area (Å²) in [5.74, 6) is 0.647. The Balaban J connectivity index is 0.00000106. The second kappa shape index (κ2) is 7.85. The van der Waals surface area contributed by atoms with Crippen LogP contribution >= 0.6 is 11.6 Å². The van der Waals surface area contributed by atoms with Gasteiger partial charge in [0.25, 0.3) is 0 Å². The van der Waals surface area contributed by atoms with Crippen LogP contribution in [0.15, 0.2) is 12.3 Å². The Labute approximate surface area is 134 Å². The molecule has 1 aliphatic rings. The maximum absolute atomic E-state index is 6.04. The van der Waals surface area contributed by atoms with Gasteiger partial charge in [0.15, 0.2) is 0 Å².